The third-order valence-corrected chi connectivity index (χ3v) is 3.52. The Kier molecular flexibility index (Phi) is 23.4. The van der Waals surface area contributed by atoms with Crippen molar-refractivity contribution in [2.75, 3.05) is 0 Å². The van der Waals surface area contributed by atoms with E-state index in [4.69, 9.17) is 14.2 Å². The second kappa shape index (κ2) is 21.8. The van der Waals surface area contributed by atoms with Crippen molar-refractivity contribution in [1.82, 2.24) is 0 Å². The summed E-state index contributed by atoms with van der Waals surface area (Å²) in [4.78, 5) is 11.3. The first-order valence-corrected chi connectivity index (χ1v) is 10.1. The molecule has 0 radical (unpaired) electrons. The van der Waals surface area contributed by atoms with Crippen molar-refractivity contribution in [3.05, 3.63) is 80.8 Å². The number of hydrogen-bond donors (Lipinski definition) is 1. The van der Waals surface area contributed by atoms with Crippen LogP contribution < -0.4 is 5.43 Å². The van der Waals surface area contributed by atoms with Crippen LogP contribution in [0.4, 0.5) is 0 Å². The molecule has 4 nitrogen and oxygen atoms in total. The summed E-state index contributed by atoms with van der Waals surface area (Å²) in [6.07, 6.45) is 4.60. The van der Waals surface area contributed by atoms with E-state index >= 15 is 0 Å². The summed E-state index contributed by atoms with van der Waals surface area (Å²) in [5, 5.41) is 9.55. The number of benzene rings is 2. The molecule has 0 amide bonds. The van der Waals surface area contributed by atoms with Gasteiger partial charge in [0.05, 0.1) is 8.96 Å². The summed E-state index contributed by atoms with van der Waals surface area (Å²) < 4.78 is 13.7. The molecule has 0 aliphatic carbocycles. The molecule has 0 bridgehead atoms. The van der Waals surface area contributed by atoms with E-state index in [1.807, 2.05) is 52.0 Å². The summed E-state index contributed by atoms with van der Waals surface area (Å²) in [6.45, 7) is 15.9. The third-order valence-electron chi connectivity index (χ3n) is 2.61. The summed E-state index contributed by atoms with van der Waals surface area (Å²) >= 11 is 2.07. The Morgan fingerprint density at radius 2 is 1.48 bits per heavy atom. The minimum absolute atomic E-state index is 0.0225. The summed E-state index contributed by atoms with van der Waals surface area (Å²) in [6, 6.07) is 16.0. The number of hydrogen-bond acceptors (Lipinski definition) is 3. The number of rotatable bonds is 0. The van der Waals surface area contributed by atoms with Crippen molar-refractivity contribution >= 4 is 33.6 Å². The van der Waals surface area contributed by atoms with Gasteiger partial charge in [0.1, 0.15) is 17.1 Å². The van der Waals surface area contributed by atoms with E-state index in [0.717, 1.165) is 3.57 Å². The van der Waals surface area contributed by atoms with Gasteiger partial charge < -0.3 is 9.52 Å². The van der Waals surface area contributed by atoms with Crippen molar-refractivity contribution in [2.24, 2.45) is 0 Å². The molecule has 0 aliphatic rings. The zero-order chi connectivity index (χ0) is 23.2. The number of aryl methyl sites for hydroxylation is 1. The first-order valence-electron chi connectivity index (χ1n) is 9.00. The monoisotopic (exact) mass is 508 g/mol. The predicted octanol–water partition coefficient (Wildman–Crippen LogP) is 6.75. The Hall–Kier alpha value is -2.52. The van der Waals surface area contributed by atoms with Gasteiger partial charge in [-0.15, -0.1) is 12.3 Å². The van der Waals surface area contributed by atoms with Crippen molar-refractivity contribution in [3.8, 4) is 18.1 Å². The fraction of sp³-hybridized carbons (Fsp3) is 0.250. The average Bonchev–Trinajstić information content (AvgIpc) is 2.76. The van der Waals surface area contributed by atoms with Crippen molar-refractivity contribution in [2.45, 2.75) is 41.5 Å². The molecule has 0 spiro atoms. The van der Waals surface area contributed by atoms with Crippen molar-refractivity contribution in [1.29, 1.82) is 0 Å². The second-order valence-corrected chi connectivity index (χ2v) is 5.62. The quantitative estimate of drug-likeness (QED) is 0.158. The van der Waals surface area contributed by atoms with Crippen LogP contribution in [0, 0.1) is 29.5 Å². The first-order chi connectivity index (χ1) is 14.0. The fourth-order valence-electron chi connectivity index (χ4n) is 1.68. The number of phenols is 1. The molecule has 0 saturated heterocycles. The number of terminal acetylenes is 1. The van der Waals surface area contributed by atoms with Gasteiger partial charge in [-0.2, -0.15) is 0 Å². The Morgan fingerprint density at radius 1 is 1.03 bits per heavy atom. The maximum absolute atomic E-state index is 11.3. The van der Waals surface area contributed by atoms with Gasteiger partial charge in [0.2, 0.25) is 0 Å². The molecule has 0 saturated carbocycles. The molecule has 1 N–H and O–H groups in total. The molecule has 0 fully saturated rings. The van der Waals surface area contributed by atoms with Crippen LogP contribution >= 0.6 is 22.6 Å². The van der Waals surface area contributed by atoms with Gasteiger partial charge in [-0.25, -0.2) is 0 Å². The molecule has 5 heteroatoms. The number of fused-ring (bicyclic) bond motifs is 1. The molecule has 29 heavy (non-hydrogen) atoms. The van der Waals surface area contributed by atoms with E-state index in [9.17, 15) is 4.79 Å². The Labute approximate surface area is 187 Å². The second-order valence-electron chi connectivity index (χ2n) is 4.46. The minimum atomic E-state index is 0.0225. The Morgan fingerprint density at radius 3 is 1.93 bits per heavy atom. The molecule has 0 aliphatic heterocycles. The van der Waals surface area contributed by atoms with Gasteiger partial charge >= 0.3 is 11.3 Å². The normalized spacial score (nSPS) is 7.59. The molecule has 3 aromatic rings. The van der Waals surface area contributed by atoms with Crippen LogP contribution in [-0.2, 0) is 4.65 Å². The van der Waals surface area contributed by atoms with Gasteiger partial charge in [0.25, 0.3) is 0 Å². The SMILES string of the molecule is C#CC.CC.CC.Cc1cc(=O)c2ccccc2o1.Oc1ccccc1I.[C-]#[O+]. The summed E-state index contributed by atoms with van der Waals surface area (Å²) in [7, 11) is 0. The van der Waals surface area contributed by atoms with E-state index in [1.54, 1.807) is 38.1 Å². The topological polar surface area (TPSA) is 70.3 Å². The van der Waals surface area contributed by atoms with Gasteiger partial charge in [0, 0.05) is 6.07 Å². The number of aromatic hydroxyl groups is 1. The fourth-order valence-corrected chi connectivity index (χ4v) is 2.06. The molecule has 1 heterocycles. The van der Waals surface area contributed by atoms with Crippen molar-refractivity contribution < 1.29 is 14.2 Å². The predicted molar refractivity (Wildman–Crippen MR) is 129 cm³/mol. The van der Waals surface area contributed by atoms with E-state index < -0.39 is 0 Å². The van der Waals surface area contributed by atoms with Crippen LogP contribution in [0.15, 0.2) is 63.8 Å². The van der Waals surface area contributed by atoms with Crippen LogP contribution in [0.3, 0.4) is 0 Å². The molecule has 2 aromatic carbocycles. The first kappa shape index (κ1) is 31.2. The van der Waals surface area contributed by atoms with Crippen LogP contribution in [-0.4, -0.2) is 5.11 Å². The molecule has 1 aromatic heterocycles. The Balaban J connectivity index is -0.000000347. The van der Waals surface area contributed by atoms with Crippen LogP contribution in [0.25, 0.3) is 11.0 Å². The van der Waals surface area contributed by atoms with E-state index in [1.165, 1.54) is 6.07 Å². The molecule has 0 unspecified atom stereocenters. The summed E-state index contributed by atoms with van der Waals surface area (Å²) in [5.74, 6) is 3.26. The third kappa shape index (κ3) is 14.2. The Bertz CT molecular complexity index is 885. The van der Waals surface area contributed by atoms with Crippen LogP contribution in [0.5, 0.6) is 5.75 Å². The number of para-hydroxylation sites is 2. The zero-order valence-corrected chi connectivity index (χ0v) is 20.0. The molecule has 0 atom stereocenters. The van der Waals surface area contributed by atoms with E-state index in [0.29, 0.717) is 22.5 Å². The molecular weight excluding hydrogens is 479 g/mol. The van der Waals surface area contributed by atoms with E-state index in [2.05, 4.69) is 41.6 Å². The van der Waals surface area contributed by atoms with Gasteiger partial charge in [-0.3, -0.25) is 4.79 Å². The summed E-state index contributed by atoms with van der Waals surface area (Å²) in [5.41, 5.74) is 0.678. The average molecular weight is 508 g/mol. The zero-order valence-electron chi connectivity index (χ0n) is 17.8. The molecular formula is C24H29IO4. The standard InChI is InChI=1S/C10H8O2.C6H5IO.C3H4.2C2H6.CO/c1-7-6-9(11)8-4-2-3-5-10(8)12-7;7-5-3-1-2-4-6(5)8;1-3-2;3*1-2/h2-6H,1H3;1-4,8H;1H,2H3;2*1-2H3;. The number of phenolic OH excluding ortho intramolecular Hbond substituents is 1. The maximum atomic E-state index is 11.3. The van der Waals surface area contributed by atoms with Crippen LogP contribution in [0.1, 0.15) is 40.4 Å². The van der Waals surface area contributed by atoms with Gasteiger partial charge in [-0.1, -0.05) is 52.0 Å². The number of halogens is 1. The van der Waals surface area contributed by atoms with Crippen molar-refractivity contribution in [3.63, 3.8) is 0 Å². The molecule has 156 valence electrons. The van der Waals surface area contributed by atoms with Gasteiger partial charge in [-0.05, 0) is 60.7 Å². The van der Waals surface area contributed by atoms with Crippen LogP contribution in [0.2, 0.25) is 0 Å². The van der Waals surface area contributed by atoms with E-state index in [-0.39, 0.29) is 5.43 Å². The molecule has 3 rings (SSSR count). The van der Waals surface area contributed by atoms with Gasteiger partial charge in [0.15, 0.2) is 5.43 Å².